The van der Waals surface area contributed by atoms with Gasteiger partial charge < -0.3 is 0 Å². The van der Waals surface area contributed by atoms with E-state index in [-0.39, 0.29) is 0 Å². The lowest BCUT2D eigenvalue weighted by Gasteiger charge is -2.04. The monoisotopic (exact) mass is 278 g/mol. The number of hydrogen-bond acceptors (Lipinski definition) is 0. The maximum atomic E-state index is 2.33. The SMILES string of the molecule is c1ccc2c3ccccc3cc-2c2cc3ccccc3c-2c1. The van der Waals surface area contributed by atoms with E-state index in [0.717, 1.165) is 0 Å². The van der Waals surface area contributed by atoms with E-state index in [1.54, 1.807) is 0 Å². The summed E-state index contributed by atoms with van der Waals surface area (Å²) in [5, 5.41) is 5.30. The minimum atomic E-state index is 1.32. The van der Waals surface area contributed by atoms with Gasteiger partial charge >= 0.3 is 0 Å². The molecule has 0 aromatic heterocycles. The van der Waals surface area contributed by atoms with Crippen molar-refractivity contribution in [2.45, 2.75) is 0 Å². The molecule has 0 heterocycles. The first kappa shape index (κ1) is 11.8. The van der Waals surface area contributed by atoms with Crippen molar-refractivity contribution in [3.8, 4) is 22.3 Å². The highest BCUT2D eigenvalue weighted by atomic mass is 14.2. The third-order valence-electron chi connectivity index (χ3n) is 4.61. The Morgan fingerprint density at radius 3 is 1.27 bits per heavy atom. The molecule has 3 aliphatic rings. The molecule has 0 heteroatoms. The van der Waals surface area contributed by atoms with Crippen molar-refractivity contribution in [1.29, 1.82) is 0 Å². The Labute approximate surface area is 129 Å². The molecule has 0 saturated carbocycles. The first-order chi connectivity index (χ1) is 10.9. The van der Waals surface area contributed by atoms with Crippen LogP contribution in [0.15, 0.2) is 84.9 Å². The molecule has 22 heavy (non-hydrogen) atoms. The van der Waals surface area contributed by atoms with Crippen molar-refractivity contribution in [1.82, 2.24) is 0 Å². The summed E-state index contributed by atoms with van der Waals surface area (Å²) in [6, 6.07) is 30.7. The number of rotatable bonds is 0. The second kappa shape index (κ2) is 4.32. The van der Waals surface area contributed by atoms with Crippen LogP contribution in [0.1, 0.15) is 0 Å². The van der Waals surface area contributed by atoms with Gasteiger partial charge in [-0.2, -0.15) is 0 Å². The van der Waals surface area contributed by atoms with Crippen molar-refractivity contribution < 1.29 is 0 Å². The van der Waals surface area contributed by atoms with Gasteiger partial charge in [-0.05, 0) is 55.9 Å². The van der Waals surface area contributed by atoms with Crippen molar-refractivity contribution in [2.75, 3.05) is 0 Å². The summed E-state index contributed by atoms with van der Waals surface area (Å²) in [4.78, 5) is 0. The van der Waals surface area contributed by atoms with E-state index in [4.69, 9.17) is 0 Å². The van der Waals surface area contributed by atoms with Crippen molar-refractivity contribution in [2.24, 2.45) is 0 Å². The minimum absolute atomic E-state index is 1.32. The Hall–Kier alpha value is -2.86. The molecule has 5 rings (SSSR count). The molecule has 0 saturated heterocycles. The molecular weight excluding hydrogens is 264 g/mol. The van der Waals surface area contributed by atoms with E-state index in [9.17, 15) is 0 Å². The fourth-order valence-corrected chi connectivity index (χ4v) is 3.60. The molecule has 0 unspecified atom stereocenters. The third-order valence-corrected chi connectivity index (χ3v) is 4.61. The minimum Gasteiger partial charge on any atom is -0.0616 e. The Bertz CT molecular complexity index is 984. The molecule has 0 atom stereocenters. The summed E-state index contributed by atoms with van der Waals surface area (Å²) >= 11 is 0. The quantitative estimate of drug-likeness (QED) is 0.316. The Kier molecular flexibility index (Phi) is 2.31. The zero-order valence-electron chi connectivity index (χ0n) is 12.1. The van der Waals surface area contributed by atoms with E-state index in [2.05, 4.69) is 84.9 Å². The van der Waals surface area contributed by atoms with Gasteiger partial charge in [0, 0.05) is 0 Å². The summed E-state index contributed by atoms with van der Waals surface area (Å²) in [6.07, 6.45) is 0. The van der Waals surface area contributed by atoms with Gasteiger partial charge in [0.15, 0.2) is 0 Å². The zero-order chi connectivity index (χ0) is 14.5. The van der Waals surface area contributed by atoms with Crippen molar-refractivity contribution >= 4 is 21.5 Å². The molecule has 0 bridgehead atoms. The summed E-state index contributed by atoms with van der Waals surface area (Å²) in [5.74, 6) is 0. The number of hydrogen-bond donors (Lipinski definition) is 0. The van der Waals surface area contributed by atoms with Crippen LogP contribution >= 0.6 is 0 Å². The molecule has 0 spiro atoms. The summed E-state index contributed by atoms with van der Waals surface area (Å²) in [7, 11) is 0. The third kappa shape index (κ3) is 1.52. The van der Waals surface area contributed by atoms with Crippen LogP contribution in [-0.4, -0.2) is 0 Å². The first-order valence-corrected chi connectivity index (χ1v) is 7.64. The van der Waals surface area contributed by atoms with Gasteiger partial charge in [-0.1, -0.05) is 72.8 Å². The molecule has 0 nitrogen and oxygen atoms in total. The average molecular weight is 278 g/mol. The highest BCUT2D eigenvalue weighted by Gasteiger charge is 2.16. The van der Waals surface area contributed by atoms with Crippen LogP contribution in [-0.2, 0) is 0 Å². The molecule has 102 valence electrons. The van der Waals surface area contributed by atoms with E-state index in [1.807, 2.05) is 0 Å². The predicted octanol–water partition coefficient (Wildman–Crippen LogP) is 6.20. The second-order valence-corrected chi connectivity index (χ2v) is 5.84. The fourth-order valence-electron chi connectivity index (χ4n) is 3.60. The highest BCUT2D eigenvalue weighted by molar-refractivity contribution is 6.12. The van der Waals surface area contributed by atoms with Crippen LogP contribution in [0.4, 0.5) is 0 Å². The van der Waals surface area contributed by atoms with Gasteiger partial charge in [-0.25, -0.2) is 0 Å². The maximum Gasteiger partial charge on any atom is -0.00926 e. The van der Waals surface area contributed by atoms with Gasteiger partial charge in [-0.15, -0.1) is 0 Å². The van der Waals surface area contributed by atoms with Gasteiger partial charge in [0.2, 0.25) is 0 Å². The topological polar surface area (TPSA) is 0 Å². The van der Waals surface area contributed by atoms with Crippen LogP contribution in [0.25, 0.3) is 43.8 Å². The van der Waals surface area contributed by atoms with Crippen LogP contribution < -0.4 is 0 Å². The van der Waals surface area contributed by atoms with Gasteiger partial charge in [0.05, 0.1) is 0 Å². The number of benzene rings is 2. The largest absolute Gasteiger partial charge is 0.0616 e. The van der Waals surface area contributed by atoms with Gasteiger partial charge in [0.25, 0.3) is 0 Å². The number of fused-ring (bicyclic) bond motifs is 7. The molecule has 2 aromatic rings. The van der Waals surface area contributed by atoms with E-state index >= 15 is 0 Å². The van der Waals surface area contributed by atoms with Crippen molar-refractivity contribution in [3.05, 3.63) is 84.9 Å². The van der Waals surface area contributed by atoms with Crippen LogP contribution in [0.2, 0.25) is 0 Å². The highest BCUT2D eigenvalue weighted by Crippen LogP contribution is 2.43. The predicted molar refractivity (Wildman–Crippen MR) is 94.7 cm³/mol. The standard InChI is InChI=1S/C22H14/c1-3-9-17-15(7-1)13-21-19(17)11-5-6-12-20-18-10-4-2-8-16(18)14-22(20)21/h1-14H. The second-order valence-electron chi connectivity index (χ2n) is 5.84. The molecule has 0 N–H and O–H groups in total. The van der Waals surface area contributed by atoms with Crippen LogP contribution in [0.5, 0.6) is 0 Å². The lowest BCUT2D eigenvalue weighted by molar-refractivity contribution is 1.72. The fraction of sp³-hybridized carbons (Fsp3) is 0. The Morgan fingerprint density at radius 2 is 0.773 bits per heavy atom. The summed E-state index contributed by atoms with van der Waals surface area (Å²) < 4.78 is 0. The van der Waals surface area contributed by atoms with E-state index in [0.29, 0.717) is 0 Å². The molecule has 2 aromatic carbocycles. The summed E-state index contributed by atoms with van der Waals surface area (Å²) in [5.41, 5.74) is 5.34. The van der Waals surface area contributed by atoms with E-state index in [1.165, 1.54) is 43.8 Å². The Balaban J connectivity index is 2.01. The van der Waals surface area contributed by atoms with E-state index < -0.39 is 0 Å². The van der Waals surface area contributed by atoms with Gasteiger partial charge in [0.1, 0.15) is 0 Å². The molecule has 0 fully saturated rings. The maximum absolute atomic E-state index is 2.33. The molecule has 0 amide bonds. The molecule has 0 radical (unpaired) electrons. The van der Waals surface area contributed by atoms with Crippen LogP contribution in [0, 0.1) is 0 Å². The molecule has 3 aliphatic carbocycles. The Morgan fingerprint density at radius 1 is 0.364 bits per heavy atom. The van der Waals surface area contributed by atoms with Crippen molar-refractivity contribution in [3.63, 3.8) is 0 Å². The van der Waals surface area contributed by atoms with Gasteiger partial charge in [-0.3, -0.25) is 0 Å². The average Bonchev–Trinajstić information content (AvgIpc) is 3.07. The zero-order valence-corrected chi connectivity index (χ0v) is 12.1. The first-order valence-electron chi connectivity index (χ1n) is 7.64. The lowest BCUT2D eigenvalue weighted by Crippen LogP contribution is -1.77. The molecular formula is C22H14. The lowest BCUT2D eigenvalue weighted by atomic mass is 9.99. The molecule has 0 aliphatic heterocycles. The smallest absolute Gasteiger partial charge is 0.00926 e. The normalized spacial score (nSPS) is 11.6. The summed E-state index contributed by atoms with van der Waals surface area (Å²) in [6.45, 7) is 0. The van der Waals surface area contributed by atoms with Crippen LogP contribution in [0.3, 0.4) is 0 Å².